The van der Waals surface area contributed by atoms with E-state index < -0.39 is 27.9 Å². The van der Waals surface area contributed by atoms with Crippen LogP contribution < -0.4 is 10.1 Å². The van der Waals surface area contributed by atoms with Crippen LogP contribution in [0.3, 0.4) is 0 Å². The van der Waals surface area contributed by atoms with Crippen molar-refractivity contribution in [1.82, 2.24) is 8.87 Å². The van der Waals surface area contributed by atoms with E-state index in [1.165, 1.54) is 36.5 Å². The second-order valence-electron chi connectivity index (χ2n) is 10.6. The number of amides is 2. The molecular formula is C34H30ClN3O6S. The standard InChI is InChI=1S/C34H30ClN3O6S/c1-43-19-18-37-32(27-21-38(29-15-9-8-12-24(27)29)45(41,42)23-10-4-3-5-11-23)31(25-13-6-7-14-26(25)34(37)40)33(39)36-28-20-22(35)16-17-30(28)44-2/h3-17,20-21,31-32H,18-19H2,1-2H3,(H,36,39). The van der Waals surface area contributed by atoms with E-state index in [9.17, 15) is 18.0 Å². The van der Waals surface area contributed by atoms with Crippen molar-refractivity contribution < 1.29 is 27.5 Å². The van der Waals surface area contributed by atoms with Crippen molar-refractivity contribution in [2.24, 2.45) is 0 Å². The Kier molecular flexibility index (Phi) is 8.37. The van der Waals surface area contributed by atoms with Gasteiger partial charge in [0.05, 0.1) is 41.8 Å². The Balaban J connectivity index is 1.58. The van der Waals surface area contributed by atoms with E-state index in [1.807, 2.05) is 0 Å². The lowest BCUT2D eigenvalue weighted by atomic mass is 9.79. The topological polar surface area (TPSA) is 107 Å². The van der Waals surface area contributed by atoms with Gasteiger partial charge in [-0.3, -0.25) is 9.59 Å². The minimum Gasteiger partial charge on any atom is -0.495 e. The lowest BCUT2D eigenvalue weighted by molar-refractivity contribution is -0.119. The molecular weight excluding hydrogens is 614 g/mol. The van der Waals surface area contributed by atoms with Crippen LogP contribution in [0.15, 0.2) is 108 Å². The minimum atomic E-state index is -4.04. The predicted octanol–water partition coefficient (Wildman–Crippen LogP) is 6.11. The van der Waals surface area contributed by atoms with Crippen molar-refractivity contribution in [3.8, 4) is 5.75 Å². The Morgan fingerprint density at radius 1 is 0.911 bits per heavy atom. The van der Waals surface area contributed by atoms with Crippen LogP contribution in [0.5, 0.6) is 5.75 Å². The lowest BCUT2D eigenvalue weighted by Gasteiger charge is -2.41. The smallest absolute Gasteiger partial charge is 0.268 e. The number of anilines is 1. The lowest BCUT2D eigenvalue weighted by Crippen LogP contribution is -2.47. The van der Waals surface area contributed by atoms with E-state index in [1.54, 1.807) is 89.8 Å². The van der Waals surface area contributed by atoms with E-state index >= 15 is 0 Å². The molecule has 0 fully saturated rings. The largest absolute Gasteiger partial charge is 0.495 e. The van der Waals surface area contributed by atoms with Gasteiger partial charge in [0, 0.05) is 41.4 Å². The summed E-state index contributed by atoms with van der Waals surface area (Å²) < 4.78 is 40.0. The van der Waals surface area contributed by atoms with Crippen LogP contribution in [-0.4, -0.2) is 56.5 Å². The zero-order chi connectivity index (χ0) is 31.7. The number of carbonyl (C=O) groups is 2. The first-order valence-corrected chi connectivity index (χ1v) is 16.0. The molecule has 1 aliphatic rings. The highest BCUT2D eigenvalue weighted by atomic mass is 35.5. The summed E-state index contributed by atoms with van der Waals surface area (Å²) in [5, 5.41) is 3.97. The Morgan fingerprint density at radius 3 is 2.38 bits per heavy atom. The van der Waals surface area contributed by atoms with Crippen LogP contribution in [0.1, 0.15) is 33.4 Å². The highest BCUT2D eigenvalue weighted by molar-refractivity contribution is 7.90. The molecule has 0 spiro atoms. The third kappa shape index (κ3) is 5.45. The average Bonchev–Trinajstić information content (AvgIpc) is 3.45. The van der Waals surface area contributed by atoms with Crippen molar-refractivity contribution in [2.45, 2.75) is 16.9 Å². The number of aromatic nitrogens is 1. The second kappa shape index (κ2) is 12.4. The first kappa shape index (κ1) is 30.4. The number of methoxy groups -OCH3 is 2. The molecule has 4 aromatic carbocycles. The number of para-hydroxylation sites is 1. The van der Waals surface area contributed by atoms with Crippen LogP contribution in [0.4, 0.5) is 5.69 Å². The maximum Gasteiger partial charge on any atom is 0.268 e. The summed E-state index contributed by atoms with van der Waals surface area (Å²) >= 11 is 6.28. The molecule has 2 amide bonds. The molecule has 2 heterocycles. The van der Waals surface area contributed by atoms with Crippen molar-refractivity contribution in [2.75, 3.05) is 32.7 Å². The average molecular weight is 644 g/mol. The number of nitrogens with zero attached hydrogens (tertiary/aromatic N) is 2. The van der Waals surface area contributed by atoms with E-state index in [0.717, 1.165) is 0 Å². The number of benzene rings is 4. The molecule has 1 aromatic heterocycles. The third-order valence-corrected chi connectivity index (χ3v) is 9.93. The third-order valence-electron chi connectivity index (χ3n) is 8.00. The molecule has 5 aromatic rings. The highest BCUT2D eigenvalue weighted by Crippen LogP contribution is 2.46. The van der Waals surface area contributed by atoms with E-state index in [2.05, 4.69) is 5.32 Å². The molecule has 0 saturated heterocycles. The summed E-state index contributed by atoms with van der Waals surface area (Å²) in [7, 11) is -1.01. The number of carbonyl (C=O) groups excluding carboxylic acids is 2. The number of rotatable bonds is 9. The number of hydrogen-bond acceptors (Lipinski definition) is 6. The van der Waals surface area contributed by atoms with Gasteiger partial charge in [-0.15, -0.1) is 0 Å². The van der Waals surface area contributed by atoms with Crippen LogP contribution >= 0.6 is 11.6 Å². The molecule has 9 nitrogen and oxygen atoms in total. The van der Waals surface area contributed by atoms with Crippen molar-refractivity contribution in [3.05, 3.63) is 125 Å². The van der Waals surface area contributed by atoms with Gasteiger partial charge < -0.3 is 19.7 Å². The summed E-state index contributed by atoms with van der Waals surface area (Å²) in [5.74, 6) is -1.25. The molecule has 0 saturated carbocycles. The van der Waals surface area contributed by atoms with Crippen molar-refractivity contribution in [3.63, 3.8) is 0 Å². The second-order valence-corrected chi connectivity index (χ2v) is 12.8. The zero-order valence-electron chi connectivity index (χ0n) is 24.5. The van der Waals surface area contributed by atoms with Gasteiger partial charge in [0.1, 0.15) is 5.75 Å². The number of ether oxygens (including phenoxy) is 2. The van der Waals surface area contributed by atoms with E-state index in [0.29, 0.717) is 44.1 Å². The van der Waals surface area contributed by atoms with Crippen molar-refractivity contribution >= 4 is 50.0 Å². The van der Waals surface area contributed by atoms with Gasteiger partial charge in [0.2, 0.25) is 5.91 Å². The molecule has 1 aliphatic heterocycles. The zero-order valence-corrected chi connectivity index (χ0v) is 26.1. The molecule has 0 radical (unpaired) electrons. The normalized spacial score (nSPS) is 16.4. The van der Waals surface area contributed by atoms with Gasteiger partial charge in [0.15, 0.2) is 0 Å². The molecule has 2 atom stereocenters. The fraction of sp³-hybridized carbons (Fsp3) is 0.176. The summed E-state index contributed by atoms with van der Waals surface area (Å²) in [6.45, 7) is 0.353. The molecule has 0 aliphatic carbocycles. The SMILES string of the molecule is COCCN1C(=O)c2ccccc2C(C(=O)Nc2cc(Cl)ccc2OC)C1c1cn(S(=O)(=O)c2ccccc2)c2ccccc12. The summed E-state index contributed by atoms with van der Waals surface area (Å²) in [4.78, 5) is 30.3. The van der Waals surface area contributed by atoms with Gasteiger partial charge in [-0.05, 0) is 48.0 Å². The molecule has 230 valence electrons. The highest BCUT2D eigenvalue weighted by Gasteiger charge is 2.45. The maximum atomic E-state index is 14.5. The fourth-order valence-electron chi connectivity index (χ4n) is 5.96. The first-order chi connectivity index (χ1) is 21.8. The number of nitrogens with one attached hydrogen (secondary N) is 1. The van der Waals surface area contributed by atoms with Gasteiger partial charge in [-0.2, -0.15) is 0 Å². The fourth-order valence-corrected chi connectivity index (χ4v) is 7.53. The number of fused-ring (bicyclic) bond motifs is 2. The Morgan fingerprint density at radius 2 is 1.62 bits per heavy atom. The predicted molar refractivity (Wildman–Crippen MR) is 172 cm³/mol. The number of halogens is 1. The monoisotopic (exact) mass is 643 g/mol. The van der Waals surface area contributed by atoms with Crippen molar-refractivity contribution in [1.29, 1.82) is 0 Å². The molecule has 6 rings (SSSR count). The van der Waals surface area contributed by atoms with Gasteiger partial charge >= 0.3 is 0 Å². The summed E-state index contributed by atoms with van der Waals surface area (Å²) in [5.41, 5.74) is 2.18. The summed E-state index contributed by atoms with van der Waals surface area (Å²) in [6, 6.07) is 26.2. The van der Waals surface area contributed by atoms with Gasteiger partial charge in [-0.1, -0.05) is 66.2 Å². The van der Waals surface area contributed by atoms with Gasteiger partial charge in [0.25, 0.3) is 15.9 Å². The Labute approximate surface area is 266 Å². The number of hydrogen-bond donors (Lipinski definition) is 1. The van der Waals surface area contributed by atoms with E-state index in [-0.39, 0.29) is 24.0 Å². The van der Waals surface area contributed by atoms with Gasteiger partial charge in [-0.25, -0.2) is 12.4 Å². The summed E-state index contributed by atoms with van der Waals surface area (Å²) in [6.07, 6.45) is 1.53. The maximum absolute atomic E-state index is 14.5. The first-order valence-electron chi connectivity index (χ1n) is 14.2. The quantitative estimate of drug-likeness (QED) is 0.208. The minimum absolute atomic E-state index is 0.112. The van der Waals surface area contributed by atoms with Crippen LogP contribution in [0.2, 0.25) is 5.02 Å². The Hall–Kier alpha value is -4.64. The molecule has 11 heteroatoms. The van der Waals surface area contributed by atoms with E-state index in [4.69, 9.17) is 21.1 Å². The molecule has 1 N–H and O–H groups in total. The molecule has 0 bridgehead atoms. The molecule has 2 unspecified atom stereocenters. The molecule has 45 heavy (non-hydrogen) atoms. The van der Waals surface area contributed by atoms with Crippen LogP contribution in [0.25, 0.3) is 10.9 Å². The Bertz CT molecular complexity index is 2010. The van der Waals surface area contributed by atoms with Crippen LogP contribution in [0, 0.1) is 0 Å². The van der Waals surface area contributed by atoms with Crippen LogP contribution in [-0.2, 0) is 19.6 Å².